The molecule has 0 saturated heterocycles. The molecule has 0 unspecified atom stereocenters. The molecule has 1 rings (SSSR count). The standard InChI is InChI=1S/C7H5BrN3O2.Tl/c8-7(10)5-3-4(11(12)13)1-2-6(5)9;/h1-3,9-10H;/q-1;+1. The van der Waals surface area contributed by atoms with E-state index in [1.54, 1.807) is 6.07 Å². The van der Waals surface area contributed by atoms with Crippen LogP contribution in [-0.2, 0) is 0 Å². The zero-order chi connectivity index (χ0) is 10.7. The van der Waals surface area contributed by atoms with Gasteiger partial charge in [-0.3, -0.25) is 0 Å². The molecule has 0 aromatic heterocycles. The normalized spacial score (nSPS) is 9.43. The molecule has 0 amide bonds. The number of hydrogen-bond donors (Lipinski definition) is 2. The quantitative estimate of drug-likeness (QED) is 0.321. The van der Waals surface area contributed by atoms with Crippen LogP contribution in [0.25, 0.3) is 0 Å². The van der Waals surface area contributed by atoms with Crippen molar-refractivity contribution in [3.8, 4) is 0 Å². The summed E-state index contributed by atoms with van der Waals surface area (Å²) in [6.45, 7) is 0. The van der Waals surface area contributed by atoms with E-state index in [9.17, 15) is 10.1 Å². The van der Waals surface area contributed by atoms with Crippen LogP contribution in [0.5, 0.6) is 0 Å². The number of nitrogens with one attached hydrogen (secondary N) is 2. The second-order valence-corrected chi connectivity index (χ2v) is 4.36. The molecule has 0 fully saturated rings. The Balaban J connectivity index is 3.27. The molecular formula is C7H5BrN3O2Tl. The molecule has 0 spiro atoms. The van der Waals surface area contributed by atoms with Gasteiger partial charge < -0.3 is 0 Å². The Morgan fingerprint density at radius 1 is 1.64 bits per heavy atom. The van der Waals surface area contributed by atoms with Gasteiger partial charge in [0.1, 0.15) is 0 Å². The van der Waals surface area contributed by atoms with Gasteiger partial charge in [0.2, 0.25) is 0 Å². The summed E-state index contributed by atoms with van der Waals surface area (Å²) in [5, 5.41) is 17.9. The van der Waals surface area contributed by atoms with Crippen LogP contribution in [0.1, 0.15) is 5.56 Å². The second kappa shape index (κ2) is 4.82. The number of anilines is 1. The number of rotatable bonds is 3. The van der Waals surface area contributed by atoms with Crippen LogP contribution in [0.2, 0.25) is 0 Å². The summed E-state index contributed by atoms with van der Waals surface area (Å²) >= 11 is 3.53. The van der Waals surface area contributed by atoms with Gasteiger partial charge in [-0.15, -0.1) is 0 Å². The van der Waals surface area contributed by atoms with Gasteiger partial charge in [-0.1, -0.05) is 0 Å². The summed E-state index contributed by atoms with van der Waals surface area (Å²) in [6.07, 6.45) is 0. The molecule has 1 aromatic carbocycles. The molecule has 14 heavy (non-hydrogen) atoms. The predicted molar refractivity (Wildman–Crippen MR) is 58.2 cm³/mol. The monoisotopic (exact) mass is 447 g/mol. The van der Waals surface area contributed by atoms with Crippen LogP contribution in [0, 0.1) is 15.5 Å². The van der Waals surface area contributed by atoms with Crippen molar-refractivity contribution in [2.24, 2.45) is 0 Å². The number of nitro benzene ring substituents is 1. The molecule has 0 aliphatic carbocycles. The molecule has 0 aliphatic rings. The molecule has 0 heterocycles. The van der Waals surface area contributed by atoms with Crippen molar-refractivity contribution in [2.45, 2.75) is 0 Å². The van der Waals surface area contributed by atoms with Crippen LogP contribution in [-0.4, -0.2) is 35.6 Å². The second-order valence-electron chi connectivity index (χ2n) is 2.45. The average Bonchev–Trinajstić information content (AvgIpc) is 2.16. The average molecular weight is 447 g/mol. The third kappa shape index (κ3) is 2.50. The zero-order valence-corrected chi connectivity index (χ0v) is 13.0. The number of nitrogens with zero attached hydrogens (tertiary/aromatic N) is 1. The van der Waals surface area contributed by atoms with Crippen LogP contribution < -0.4 is 3.13 Å². The minimum absolute atomic E-state index is 0.00630. The van der Waals surface area contributed by atoms with Gasteiger partial charge in [-0.05, 0) is 0 Å². The third-order valence-corrected chi connectivity index (χ3v) is 3.24. The van der Waals surface area contributed by atoms with Crippen molar-refractivity contribution in [1.82, 2.24) is 0 Å². The first kappa shape index (κ1) is 11.6. The molecule has 1 aromatic rings. The van der Waals surface area contributed by atoms with Crippen molar-refractivity contribution in [2.75, 3.05) is 3.13 Å². The Hall–Kier alpha value is -0.508. The fraction of sp³-hybridized carbons (Fsp3) is 0. The molecule has 2 N–H and O–H groups in total. The van der Waals surface area contributed by atoms with Crippen LogP contribution in [0.15, 0.2) is 18.2 Å². The zero-order valence-electron chi connectivity index (χ0n) is 6.95. The van der Waals surface area contributed by atoms with Crippen molar-refractivity contribution in [3.05, 3.63) is 33.9 Å². The SMILES string of the molecule is N=C(Br)c1cc([N+](=O)[O-])ccc1[NH][Tl]. The summed E-state index contributed by atoms with van der Waals surface area (Å²) in [7, 11) is 0. The van der Waals surface area contributed by atoms with Crippen molar-refractivity contribution in [1.29, 1.82) is 5.41 Å². The molecule has 0 radical (unpaired) electrons. The third-order valence-electron chi connectivity index (χ3n) is 1.61. The van der Waals surface area contributed by atoms with Gasteiger partial charge in [0.15, 0.2) is 0 Å². The molecule has 7 heteroatoms. The maximum absolute atomic E-state index is 10.5. The van der Waals surface area contributed by atoms with Gasteiger partial charge in [0, 0.05) is 0 Å². The van der Waals surface area contributed by atoms with E-state index in [1.807, 2.05) is 0 Å². The van der Waals surface area contributed by atoms with E-state index in [4.69, 9.17) is 5.41 Å². The first-order valence-electron chi connectivity index (χ1n) is 3.55. The van der Waals surface area contributed by atoms with Gasteiger partial charge in [0.05, 0.1) is 0 Å². The van der Waals surface area contributed by atoms with Crippen molar-refractivity contribution >= 4 is 58.0 Å². The molecular weight excluding hydrogens is 442 g/mol. The summed E-state index contributed by atoms with van der Waals surface area (Å²) < 4.78 is 3.16. The van der Waals surface area contributed by atoms with Gasteiger partial charge in [-0.2, -0.15) is 0 Å². The Labute approximate surface area is 105 Å². The Kier molecular flexibility index (Phi) is 3.99. The van der Waals surface area contributed by atoms with E-state index in [-0.39, 0.29) is 10.3 Å². The number of hydrogen-bond acceptors (Lipinski definition) is 4. The van der Waals surface area contributed by atoms with E-state index in [1.165, 1.54) is 12.1 Å². The van der Waals surface area contributed by atoms with E-state index in [0.29, 0.717) is 31.6 Å². The van der Waals surface area contributed by atoms with Gasteiger partial charge >= 0.3 is 105 Å². The molecule has 5 nitrogen and oxygen atoms in total. The maximum atomic E-state index is 10.5. The summed E-state index contributed by atoms with van der Waals surface area (Å²) in [5.41, 5.74) is 1.26. The molecule has 0 aliphatic heterocycles. The summed E-state index contributed by atoms with van der Waals surface area (Å²) in [4.78, 5) is 10.0. The Morgan fingerprint density at radius 3 is 2.71 bits per heavy atom. The van der Waals surface area contributed by atoms with Crippen LogP contribution >= 0.6 is 15.9 Å². The topological polar surface area (TPSA) is 79.0 Å². The molecule has 70 valence electrons. The van der Waals surface area contributed by atoms with Gasteiger partial charge in [-0.25, -0.2) is 0 Å². The summed E-state index contributed by atoms with van der Waals surface area (Å²) in [5.74, 6) is 0. The number of non-ortho nitro benzene ring substituents is 1. The van der Waals surface area contributed by atoms with Crippen molar-refractivity contribution in [3.63, 3.8) is 0 Å². The van der Waals surface area contributed by atoms with Crippen LogP contribution in [0.3, 0.4) is 0 Å². The van der Waals surface area contributed by atoms with E-state index in [2.05, 4.69) is 19.1 Å². The van der Waals surface area contributed by atoms with Crippen molar-refractivity contribution < 1.29 is 4.92 Å². The number of nitro groups is 1. The van der Waals surface area contributed by atoms with Gasteiger partial charge in [0.25, 0.3) is 0 Å². The van der Waals surface area contributed by atoms with Crippen LogP contribution in [0.4, 0.5) is 11.4 Å². The fourth-order valence-electron chi connectivity index (χ4n) is 0.953. The predicted octanol–water partition coefficient (Wildman–Crippen LogP) is 1.81. The van der Waals surface area contributed by atoms with E-state index < -0.39 is 4.92 Å². The van der Waals surface area contributed by atoms with E-state index >= 15 is 0 Å². The number of benzene rings is 1. The Morgan fingerprint density at radius 2 is 2.29 bits per heavy atom. The molecule has 0 bridgehead atoms. The first-order chi connectivity index (χ1) is 6.56. The first-order valence-corrected chi connectivity index (χ1v) is 6.59. The molecule has 0 saturated carbocycles. The van der Waals surface area contributed by atoms with E-state index in [0.717, 1.165) is 5.69 Å². The summed E-state index contributed by atoms with van der Waals surface area (Å²) in [6, 6.07) is 4.41. The number of halogens is 1. The fourth-order valence-corrected chi connectivity index (χ4v) is 2.26. The Bertz CT molecular complexity index is 397. The molecule has 0 atom stereocenters. The minimum atomic E-state index is -0.474.